The summed E-state index contributed by atoms with van der Waals surface area (Å²) in [5.74, 6) is -0.599. The van der Waals surface area contributed by atoms with Crippen molar-refractivity contribution in [1.82, 2.24) is 9.97 Å². The van der Waals surface area contributed by atoms with Gasteiger partial charge >= 0.3 is 5.69 Å². The molecule has 0 unspecified atom stereocenters. The highest BCUT2D eigenvalue weighted by Crippen LogP contribution is 2.32. The minimum Gasteiger partial charge on any atom is -0.480 e. The first-order valence-corrected chi connectivity index (χ1v) is 6.09. The summed E-state index contributed by atoms with van der Waals surface area (Å²) >= 11 is 2.88. The van der Waals surface area contributed by atoms with Crippen LogP contribution in [-0.2, 0) is 6.61 Å². The predicted molar refractivity (Wildman–Crippen MR) is 71.5 cm³/mol. The zero-order valence-electron chi connectivity index (χ0n) is 9.92. The Morgan fingerprint density at radius 3 is 2.75 bits per heavy atom. The number of nitrogens with two attached hydrogens (primary N) is 1. The molecule has 0 amide bonds. The zero-order valence-corrected chi connectivity index (χ0v) is 11.5. The fraction of sp³-hybridized carbons (Fsp3) is 0.0909. The summed E-state index contributed by atoms with van der Waals surface area (Å²) in [6.45, 7) is -0.0881. The van der Waals surface area contributed by atoms with E-state index >= 15 is 0 Å². The van der Waals surface area contributed by atoms with Crippen LogP contribution in [0.3, 0.4) is 0 Å². The molecule has 1 heterocycles. The number of rotatable bonds is 4. The topological polar surface area (TPSA) is 104 Å². The van der Waals surface area contributed by atoms with Gasteiger partial charge in [-0.1, -0.05) is 0 Å². The molecule has 1 aromatic carbocycles. The van der Waals surface area contributed by atoms with Crippen molar-refractivity contribution in [3.05, 3.63) is 50.6 Å². The average molecular weight is 343 g/mol. The summed E-state index contributed by atoms with van der Waals surface area (Å²) < 4.78 is 18.6. The Morgan fingerprint density at radius 1 is 1.40 bits per heavy atom. The maximum Gasteiger partial charge on any atom is 0.312 e. The maximum atomic E-state index is 13.4. The van der Waals surface area contributed by atoms with Gasteiger partial charge in [-0.3, -0.25) is 15.1 Å². The van der Waals surface area contributed by atoms with Crippen LogP contribution in [0.1, 0.15) is 5.69 Å². The van der Waals surface area contributed by atoms with Crippen LogP contribution in [0.15, 0.2) is 29.0 Å². The van der Waals surface area contributed by atoms with E-state index in [1.54, 1.807) is 0 Å². The number of aromatic nitrogens is 2. The van der Waals surface area contributed by atoms with Gasteiger partial charge in [0, 0.05) is 12.1 Å². The van der Waals surface area contributed by atoms with Crippen molar-refractivity contribution in [2.45, 2.75) is 6.61 Å². The van der Waals surface area contributed by atoms with Crippen molar-refractivity contribution < 1.29 is 14.1 Å². The molecule has 0 saturated heterocycles. The number of nitro benzene ring substituents is 1. The quantitative estimate of drug-likeness (QED) is 0.675. The van der Waals surface area contributed by atoms with Gasteiger partial charge in [-0.05, 0) is 15.9 Å². The molecule has 0 aliphatic heterocycles. The second kappa shape index (κ2) is 5.78. The average Bonchev–Trinajstić information content (AvgIpc) is 2.41. The van der Waals surface area contributed by atoms with Crippen LogP contribution >= 0.6 is 15.9 Å². The molecule has 0 radical (unpaired) electrons. The Morgan fingerprint density at radius 2 is 2.15 bits per heavy atom. The van der Waals surface area contributed by atoms with E-state index < -0.39 is 10.7 Å². The summed E-state index contributed by atoms with van der Waals surface area (Å²) in [6.07, 6.45) is 2.70. The third kappa shape index (κ3) is 3.18. The number of halogens is 2. The summed E-state index contributed by atoms with van der Waals surface area (Å²) in [5, 5.41) is 10.9. The van der Waals surface area contributed by atoms with Gasteiger partial charge in [0.15, 0.2) is 0 Å². The van der Waals surface area contributed by atoms with Crippen LogP contribution in [0.25, 0.3) is 0 Å². The summed E-state index contributed by atoms with van der Waals surface area (Å²) in [4.78, 5) is 17.9. The molecule has 20 heavy (non-hydrogen) atoms. The molecule has 0 aliphatic rings. The van der Waals surface area contributed by atoms with Gasteiger partial charge in [0.2, 0.25) is 5.75 Å². The number of nitrogens with zero attached hydrogens (tertiary/aromatic N) is 3. The van der Waals surface area contributed by atoms with Crippen LogP contribution < -0.4 is 10.5 Å². The smallest absolute Gasteiger partial charge is 0.312 e. The van der Waals surface area contributed by atoms with Gasteiger partial charge < -0.3 is 10.5 Å². The summed E-state index contributed by atoms with van der Waals surface area (Å²) in [5.41, 5.74) is 5.44. The fourth-order valence-electron chi connectivity index (χ4n) is 1.37. The van der Waals surface area contributed by atoms with Gasteiger partial charge in [-0.25, -0.2) is 9.37 Å². The van der Waals surface area contributed by atoms with Crippen LogP contribution in [-0.4, -0.2) is 14.9 Å². The molecular weight excluding hydrogens is 335 g/mol. The van der Waals surface area contributed by atoms with Crippen molar-refractivity contribution in [1.29, 1.82) is 0 Å². The Hall–Kier alpha value is -2.29. The van der Waals surface area contributed by atoms with E-state index in [-0.39, 0.29) is 28.3 Å². The molecule has 2 rings (SSSR count). The first-order valence-electron chi connectivity index (χ1n) is 5.30. The fourth-order valence-corrected chi connectivity index (χ4v) is 1.70. The second-order valence-corrected chi connectivity index (χ2v) is 4.57. The lowest BCUT2D eigenvalue weighted by atomic mass is 10.3. The van der Waals surface area contributed by atoms with E-state index in [9.17, 15) is 14.5 Å². The molecule has 2 aromatic rings. The van der Waals surface area contributed by atoms with Gasteiger partial charge in [-0.2, -0.15) is 0 Å². The number of nitro groups is 1. The van der Waals surface area contributed by atoms with Gasteiger partial charge in [0.25, 0.3) is 0 Å². The second-order valence-electron chi connectivity index (χ2n) is 3.71. The van der Waals surface area contributed by atoms with E-state index in [2.05, 4.69) is 25.9 Å². The van der Waals surface area contributed by atoms with Crippen molar-refractivity contribution in [2.75, 3.05) is 5.73 Å². The van der Waals surface area contributed by atoms with Gasteiger partial charge in [0.1, 0.15) is 18.2 Å². The van der Waals surface area contributed by atoms with E-state index in [1.807, 2.05) is 0 Å². The van der Waals surface area contributed by atoms with E-state index in [1.165, 1.54) is 12.4 Å². The van der Waals surface area contributed by atoms with Crippen molar-refractivity contribution in [3.8, 4) is 5.75 Å². The zero-order chi connectivity index (χ0) is 14.7. The first-order chi connectivity index (χ1) is 9.47. The Labute approximate surface area is 120 Å². The number of hydrogen-bond donors (Lipinski definition) is 1. The van der Waals surface area contributed by atoms with Crippen molar-refractivity contribution in [3.63, 3.8) is 0 Å². The van der Waals surface area contributed by atoms with E-state index in [0.29, 0.717) is 5.69 Å². The predicted octanol–water partition coefficient (Wildman–Crippen LogP) is 2.45. The van der Waals surface area contributed by atoms with E-state index in [0.717, 1.165) is 12.1 Å². The molecule has 2 N–H and O–H groups in total. The highest BCUT2D eigenvalue weighted by Gasteiger charge is 2.19. The third-order valence-corrected chi connectivity index (χ3v) is 2.91. The molecule has 1 aromatic heterocycles. The minimum absolute atomic E-state index is 0.0103. The maximum absolute atomic E-state index is 13.4. The number of hydrogen-bond acceptors (Lipinski definition) is 6. The Kier molecular flexibility index (Phi) is 4.08. The summed E-state index contributed by atoms with van der Waals surface area (Å²) in [6, 6.07) is 1.98. The molecular formula is C11H8BrFN4O3. The van der Waals surface area contributed by atoms with Gasteiger partial charge in [0.05, 0.1) is 27.5 Å². The minimum atomic E-state index is -0.659. The van der Waals surface area contributed by atoms with Crippen molar-refractivity contribution >= 4 is 27.4 Å². The first kappa shape index (κ1) is 14.1. The molecule has 0 bridgehead atoms. The standard InChI is InChI=1S/C11H8BrFN4O3/c12-7-1-9(17(18)19)10(2-8(7)13)20-5-6-3-16-11(14)4-15-6/h1-4H,5H2,(H2,14,16). The third-order valence-electron chi connectivity index (χ3n) is 2.30. The lowest BCUT2D eigenvalue weighted by Gasteiger charge is -2.07. The van der Waals surface area contributed by atoms with Crippen LogP contribution in [0, 0.1) is 15.9 Å². The molecule has 0 atom stereocenters. The number of benzene rings is 1. The lowest BCUT2D eigenvalue weighted by Crippen LogP contribution is -2.03. The SMILES string of the molecule is Nc1cnc(COc2cc(F)c(Br)cc2[N+](=O)[O-])cn1. The van der Waals surface area contributed by atoms with Crippen LogP contribution in [0.2, 0.25) is 0 Å². The molecule has 0 aliphatic carbocycles. The molecule has 9 heteroatoms. The van der Waals surface area contributed by atoms with Crippen LogP contribution in [0.5, 0.6) is 5.75 Å². The van der Waals surface area contributed by atoms with Gasteiger partial charge in [-0.15, -0.1) is 0 Å². The largest absolute Gasteiger partial charge is 0.480 e. The van der Waals surface area contributed by atoms with Crippen LogP contribution in [0.4, 0.5) is 15.9 Å². The number of nitrogen functional groups attached to an aromatic ring is 1. The highest BCUT2D eigenvalue weighted by atomic mass is 79.9. The Balaban J connectivity index is 2.22. The lowest BCUT2D eigenvalue weighted by molar-refractivity contribution is -0.386. The number of ether oxygens (including phenoxy) is 1. The summed E-state index contributed by atoms with van der Waals surface area (Å²) in [7, 11) is 0. The molecule has 0 saturated carbocycles. The van der Waals surface area contributed by atoms with Crippen molar-refractivity contribution in [2.24, 2.45) is 0 Å². The highest BCUT2D eigenvalue weighted by molar-refractivity contribution is 9.10. The molecule has 0 fully saturated rings. The van der Waals surface area contributed by atoms with E-state index in [4.69, 9.17) is 10.5 Å². The molecule has 7 nitrogen and oxygen atoms in total. The molecule has 104 valence electrons. The Bertz CT molecular complexity index is 651. The monoisotopic (exact) mass is 342 g/mol. The number of anilines is 1. The molecule has 0 spiro atoms. The normalized spacial score (nSPS) is 10.3.